The first-order chi connectivity index (χ1) is 14.9. The number of Topliss-reactive ketones (excluding diaryl/α,β-unsaturated/α-hetero) is 1. The minimum atomic E-state index is -0.190. The van der Waals surface area contributed by atoms with Gasteiger partial charge < -0.3 is 10.3 Å². The third-order valence-corrected chi connectivity index (χ3v) is 6.43. The van der Waals surface area contributed by atoms with Gasteiger partial charge in [0.25, 0.3) is 0 Å². The summed E-state index contributed by atoms with van der Waals surface area (Å²) < 4.78 is 0. The highest BCUT2D eigenvalue weighted by Crippen LogP contribution is 2.21. The summed E-state index contributed by atoms with van der Waals surface area (Å²) >= 11 is 0. The van der Waals surface area contributed by atoms with E-state index < -0.39 is 0 Å². The highest BCUT2D eigenvalue weighted by atomic mass is 16.2. The minimum absolute atomic E-state index is 0.00469. The van der Waals surface area contributed by atoms with Crippen molar-refractivity contribution in [1.82, 2.24) is 14.8 Å². The largest absolute Gasteiger partial charge is 0.360 e. The zero-order valence-corrected chi connectivity index (χ0v) is 18.4. The maximum absolute atomic E-state index is 13.1. The van der Waals surface area contributed by atoms with Crippen LogP contribution in [0.5, 0.6) is 0 Å². The van der Waals surface area contributed by atoms with Crippen molar-refractivity contribution < 1.29 is 9.59 Å². The van der Waals surface area contributed by atoms with Gasteiger partial charge in [0.05, 0.1) is 12.6 Å². The van der Waals surface area contributed by atoms with Gasteiger partial charge in [-0.1, -0.05) is 30.3 Å². The lowest BCUT2D eigenvalue weighted by Gasteiger charge is -2.37. The van der Waals surface area contributed by atoms with Gasteiger partial charge in [-0.3, -0.25) is 19.4 Å². The molecule has 1 aliphatic heterocycles. The lowest BCUT2D eigenvalue weighted by atomic mass is 10.0. The number of carbonyl (C=O) groups excluding carboxylic acids is 2. The number of aromatic amines is 1. The zero-order chi connectivity index (χ0) is 22.0. The normalized spacial score (nSPS) is 16.4. The Bertz CT molecular complexity index is 1100. The monoisotopic (exact) mass is 418 g/mol. The molecule has 6 nitrogen and oxygen atoms in total. The predicted molar refractivity (Wildman–Crippen MR) is 125 cm³/mol. The van der Waals surface area contributed by atoms with Crippen molar-refractivity contribution in [3.63, 3.8) is 0 Å². The molecule has 3 aromatic rings. The van der Waals surface area contributed by atoms with E-state index in [0.29, 0.717) is 6.54 Å². The molecule has 0 radical (unpaired) electrons. The van der Waals surface area contributed by atoms with Crippen LogP contribution in [0.4, 0.5) is 5.69 Å². The summed E-state index contributed by atoms with van der Waals surface area (Å²) in [5, 5.41) is 4.01. The van der Waals surface area contributed by atoms with Gasteiger partial charge >= 0.3 is 0 Å². The van der Waals surface area contributed by atoms with Gasteiger partial charge in [0.15, 0.2) is 5.78 Å². The second kappa shape index (κ2) is 9.04. The number of nitrogens with one attached hydrogen (secondary N) is 2. The summed E-state index contributed by atoms with van der Waals surface area (Å²) in [5.74, 6) is 0.142. The van der Waals surface area contributed by atoms with E-state index in [-0.39, 0.29) is 17.7 Å². The van der Waals surface area contributed by atoms with Gasteiger partial charge in [-0.15, -0.1) is 0 Å². The first-order valence-electron chi connectivity index (χ1n) is 10.9. The molecule has 1 fully saturated rings. The number of benzene rings is 2. The van der Waals surface area contributed by atoms with Gasteiger partial charge in [0, 0.05) is 54.5 Å². The summed E-state index contributed by atoms with van der Waals surface area (Å²) in [5.41, 5.74) is 4.88. The molecule has 2 aromatic carbocycles. The summed E-state index contributed by atoms with van der Waals surface area (Å²) in [6, 6.07) is 13.6. The van der Waals surface area contributed by atoms with Crippen LogP contribution in [0.15, 0.2) is 48.7 Å². The number of nitrogens with zero attached hydrogens (tertiary/aromatic N) is 2. The van der Waals surface area contributed by atoms with E-state index in [4.69, 9.17) is 0 Å². The van der Waals surface area contributed by atoms with Crippen LogP contribution in [0.2, 0.25) is 0 Å². The standard InChI is InChI=1S/C25H30N4O2/c1-17-7-6-10-22(18(17)2)27-24(30)16-28-11-13-29(14-12-28)19(3)25(31)21-15-26-23-9-5-4-8-20(21)23/h4-10,15,19,26H,11-14,16H2,1-3H3,(H,27,30)/t19-/m0/s1. The number of aromatic nitrogens is 1. The summed E-state index contributed by atoms with van der Waals surface area (Å²) in [6.45, 7) is 9.49. The van der Waals surface area contributed by atoms with E-state index in [0.717, 1.165) is 53.9 Å². The fraction of sp³-hybridized carbons (Fsp3) is 0.360. The maximum Gasteiger partial charge on any atom is 0.238 e. The molecule has 1 aromatic heterocycles. The van der Waals surface area contributed by atoms with E-state index in [2.05, 4.69) is 20.1 Å². The number of hydrogen-bond acceptors (Lipinski definition) is 4. The quantitative estimate of drug-likeness (QED) is 0.600. The van der Waals surface area contributed by atoms with Gasteiger partial charge in [0.1, 0.15) is 0 Å². The minimum Gasteiger partial charge on any atom is -0.360 e. The molecule has 162 valence electrons. The molecule has 1 saturated heterocycles. The highest BCUT2D eigenvalue weighted by molar-refractivity contribution is 6.10. The van der Waals surface area contributed by atoms with Crippen molar-refractivity contribution in [3.05, 3.63) is 65.4 Å². The molecule has 4 rings (SSSR count). The number of anilines is 1. The van der Waals surface area contributed by atoms with Gasteiger partial charge in [0.2, 0.25) is 5.91 Å². The third-order valence-electron chi connectivity index (χ3n) is 6.43. The zero-order valence-electron chi connectivity index (χ0n) is 18.4. The Morgan fingerprint density at radius 2 is 1.77 bits per heavy atom. The Morgan fingerprint density at radius 1 is 1.03 bits per heavy atom. The number of fused-ring (bicyclic) bond motifs is 1. The first kappa shape index (κ1) is 21.3. The second-order valence-electron chi connectivity index (χ2n) is 8.40. The van der Waals surface area contributed by atoms with Crippen LogP contribution in [0.1, 0.15) is 28.4 Å². The number of H-pyrrole nitrogens is 1. The van der Waals surface area contributed by atoms with E-state index in [1.165, 1.54) is 5.56 Å². The molecule has 6 heteroatoms. The maximum atomic E-state index is 13.1. The van der Waals surface area contributed by atoms with Crippen molar-refractivity contribution in [1.29, 1.82) is 0 Å². The van der Waals surface area contributed by atoms with Crippen LogP contribution in [0.3, 0.4) is 0 Å². The molecule has 2 N–H and O–H groups in total. The molecule has 31 heavy (non-hydrogen) atoms. The smallest absolute Gasteiger partial charge is 0.238 e. The molecule has 0 spiro atoms. The van der Waals surface area contributed by atoms with Crippen LogP contribution in [-0.2, 0) is 4.79 Å². The Kier molecular flexibility index (Phi) is 6.20. The van der Waals surface area contributed by atoms with E-state index in [9.17, 15) is 9.59 Å². The van der Waals surface area contributed by atoms with Crippen LogP contribution in [-0.4, -0.2) is 65.2 Å². The lowest BCUT2D eigenvalue weighted by molar-refractivity contribution is -0.117. The molecule has 0 aliphatic carbocycles. The van der Waals surface area contributed by atoms with E-state index >= 15 is 0 Å². The summed E-state index contributed by atoms with van der Waals surface area (Å²) in [6.07, 6.45) is 1.82. The molecule has 1 aliphatic rings. The molecule has 1 atom stereocenters. The average molecular weight is 419 g/mol. The highest BCUT2D eigenvalue weighted by Gasteiger charge is 2.28. The Hall–Kier alpha value is -2.96. The lowest BCUT2D eigenvalue weighted by Crippen LogP contribution is -2.53. The Labute approximate surface area is 183 Å². The number of carbonyl (C=O) groups is 2. The molecule has 1 amide bonds. The van der Waals surface area contributed by atoms with Crippen molar-refractivity contribution in [2.75, 3.05) is 38.0 Å². The average Bonchev–Trinajstić information content (AvgIpc) is 3.20. The van der Waals surface area contributed by atoms with Crippen molar-refractivity contribution in [2.45, 2.75) is 26.8 Å². The Balaban J connectivity index is 1.31. The number of para-hydroxylation sites is 1. The van der Waals surface area contributed by atoms with Gasteiger partial charge in [-0.2, -0.15) is 0 Å². The fourth-order valence-electron chi connectivity index (χ4n) is 4.25. The SMILES string of the molecule is Cc1cccc(NC(=O)CN2CCN([C@@H](C)C(=O)c3c[nH]c4ccccc34)CC2)c1C. The number of ketones is 1. The van der Waals surface area contributed by atoms with Crippen molar-refractivity contribution >= 4 is 28.3 Å². The van der Waals surface area contributed by atoms with Crippen molar-refractivity contribution in [3.8, 4) is 0 Å². The third kappa shape index (κ3) is 4.55. The summed E-state index contributed by atoms with van der Waals surface area (Å²) in [7, 11) is 0. The second-order valence-corrected chi connectivity index (χ2v) is 8.40. The van der Waals surface area contributed by atoms with E-state index in [1.54, 1.807) is 0 Å². The molecule has 0 unspecified atom stereocenters. The topological polar surface area (TPSA) is 68.4 Å². The number of rotatable bonds is 6. The molecule has 0 saturated carbocycles. The van der Waals surface area contributed by atoms with Crippen molar-refractivity contribution in [2.24, 2.45) is 0 Å². The molecule has 0 bridgehead atoms. The van der Waals surface area contributed by atoms with Crippen LogP contribution >= 0.6 is 0 Å². The number of amides is 1. The fourth-order valence-corrected chi connectivity index (χ4v) is 4.25. The molecule has 2 heterocycles. The first-order valence-corrected chi connectivity index (χ1v) is 10.9. The molecular weight excluding hydrogens is 388 g/mol. The molecular formula is C25H30N4O2. The number of piperazine rings is 1. The van der Waals surface area contributed by atoms with E-state index in [1.807, 2.05) is 69.4 Å². The van der Waals surface area contributed by atoms with Crippen LogP contribution < -0.4 is 5.32 Å². The van der Waals surface area contributed by atoms with Crippen LogP contribution in [0, 0.1) is 13.8 Å². The predicted octanol–water partition coefficient (Wildman–Crippen LogP) is 3.61. The van der Waals surface area contributed by atoms with Gasteiger partial charge in [-0.05, 0) is 44.0 Å². The van der Waals surface area contributed by atoms with Gasteiger partial charge in [-0.25, -0.2) is 0 Å². The summed E-state index contributed by atoms with van der Waals surface area (Å²) in [4.78, 5) is 33.2. The van der Waals surface area contributed by atoms with Crippen LogP contribution in [0.25, 0.3) is 10.9 Å². The Morgan fingerprint density at radius 3 is 2.55 bits per heavy atom. The number of hydrogen-bond donors (Lipinski definition) is 2. The number of aryl methyl sites for hydroxylation is 1.